The van der Waals surface area contributed by atoms with E-state index >= 15 is 0 Å². The monoisotopic (exact) mass is 464 g/mol. The smallest absolute Gasteiger partial charge is 0.285 e. The van der Waals surface area contributed by atoms with Gasteiger partial charge in [-0.1, -0.05) is 35.9 Å². The molecule has 0 bridgehead atoms. The number of benzene rings is 1. The fourth-order valence-electron chi connectivity index (χ4n) is 3.66. The number of carbonyl (C=O) groups is 1. The van der Waals surface area contributed by atoms with Crippen LogP contribution >= 0.6 is 11.6 Å². The Hall–Kier alpha value is -3.27. The van der Waals surface area contributed by atoms with Crippen LogP contribution in [0.2, 0.25) is 5.02 Å². The van der Waals surface area contributed by atoms with Crippen molar-refractivity contribution < 1.29 is 13.6 Å². The van der Waals surface area contributed by atoms with Gasteiger partial charge in [-0.3, -0.25) is 15.0 Å². The minimum absolute atomic E-state index is 0.0403. The topological polar surface area (TPSA) is 114 Å². The molecule has 0 saturated heterocycles. The third kappa shape index (κ3) is 4.80. The van der Waals surface area contributed by atoms with Crippen molar-refractivity contribution in [3.63, 3.8) is 0 Å². The number of anilines is 1. The molecule has 1 aliphatic heterocycles. The molecule has 1 aromatic carbocycles. The van der Waals surface area contributed by atoms with Gasteiger partial charge >= 0.3 is 0 Å². The number of carbonyl (C=O) groups excluding carboxylic acids is 1. The largest absolute Gasteiger partial charge is 0.381 e. The SMILES string of the molecule is CNC(=O)C(=N)C1=C(NC(C)c2ccccc2C(F)F)CCN(c2cn[nH]c(=O)c2Cl)C1. The number of hydrogen-bond acceptors (Lipinski definition) is 6. The number of nitrogens with zero attached hydrogens (tertiary/aromatic N) is 2. The summed E-state index contributed by atoms with van der Waals surface area (Å²) in [5.74, 6) is -0.586. The molecule has 32 heavy (non-hydrogen) atoms. The van der Waals surface area contributed by atoms with Crippen LogP contribution < -0.4 is 21.1 Å². The summed E-state index contributed by atoms with van der Waals surface area (Å²) in [5.41, 5.74) is 0.918. The summed E-state index contributed by atoms with van der Waals surface area (Å²) in [6.07, 6.45) is -0.843. The number of halogens is 3. The highest BCUT2D eigenvalue weighted by Crippen LogP contribution is 2.31. The minimum atomic E-state index is -2.62. The Bertz CT molecular complexity index is 1120. The lowest BCUT2D eigenvalue weighted by molar-refractivity contribution is -0.114. The Morgan fingerprint density at radius 2 is 2.00 bits per heavy atom. The van der Waals surface area contributed by atoms with Crippen LogP contribution in [0.5, 0.6) is 0 Å². The Morgan fingerprint density at radius 3 is 2.66 bits per heavy atom. The van der Waals surface area contributed by atoms with Gasteiger partial charge in [-0.05, 0) is 12.5 Å². The summed E-state index contributed by atoms with van der Waals surface area (Å²) in [4.78, 5) is 25.8. The molecule has 0 spiro atoms. The third-order valence-electron chi connectivity index (χ3n) is 5.31. The highest BCUT2D eigenvalue weighted by Gasteiger charge is 2.28. The van der Waals surface area contributed by atoms with Crippen molar-refractivity contribution in [1.29, 1.82) is 5.41 Å². The summed E-state index contributed by atoms with van der Waals surface area (Å²) in [5, 5.41) is 20.0. The van der Waals surface area contributed by atoms with E-state index in [1.807, 2.05) is 0 Å². The number of aromatic amines is 1. The van der Waals surface area contributed by atoms with Crippen molar-refractivity contribution in [1.82, 2.24) is 20.8 Å². The number of nitrogens with one attached hydrogen (secondary N) is 4. The maximum Gasteiger partial charge on any atom is 0.285 e. The molecule has 8 nitrogen and oxygen atoms in total. The summed E-state index contributed by atoms with van der Waals surface area (Å²) in [7, 11) is 1.42. The summed E-state index contributed by atoms with van der Waals surface area (Å²) in [6, 6.07) is 5.76. The van der Waals surface area contributed by atoms with Crippen molar-refractivity contribution in [2.45, 2.75) is 25.8 Å². The Balaban J connectivity index is 1.96. The number of alkyl halides is 2. The van der Waals surface area contributed by atoms with Gasteiger partial charge in [0.05, 0.1) is 11.9 Å². The summed E-state index contributed by atoms with van der Waals surface area (Å²) >= 11 is 6.13. The number of amides is 1. The van der Waals surface area contributed by atoms with E-state index in [9.17, 15) is 18.4 Å². The molecule has 1 amide bonds. The molecule has 3 rings (SSSR count). The van der Waals surface area contributed by atoms with Gasteiger partial charge in [0.15, 0.2) is 0 Å². The van der Waals surface area contributed by atoms with Gasteiger partial charge in [-0.15, -0.1) is 0 Å². The second kappa shape index (κ2) is 9.90. The molecule has 0 fully saturated rings. The molecule has 0 saturated carbocycles. The molecular formula is C21H23ClF2N6O2. The van der Waals surface area contributed by atoms with Gasteiger partial charge in [-0.2, -0.15) is 5.10 Å². The van der Waals surface area contributed by atoms with E-state index in [0.29, 0.717) is 35.5 Å². The Morgan fingerprint density at radius 1 is 1.31 bits per heavy atom. The van der Waals surface area contributed by atoms with Crippen LogP contribution in [0, 0.1) is 5.41 Å². The van der Waals surface area contributed by atoms with Gasteiger partial charge in [0.25, 0.3) is 17.9 Å². The van der Waals surface area contributed by atoms with Gasteiger partial charge in [0.1, 0.15) is 10.7 Å². The molecule has 1 aromatic heterocycles. The first-order valence-electron chi connectivity index (χ1n) is 9.89. The first kappa shape index (κ1) is 23.4. The van der Waals surface area contributed by atoms with Gasteiger partial charge in [0.2, 0.25) is 0 Å². The van der Waals surface area contributed by atoms with Crippen LogP contribution in [0.3, 0.4) is 0 Å². The third-order valence-corrected chi connectivity index (χ3v) is 5.67. The lowest BCUT2D eigenvalue weighted by atomic mass is 9.97. The molecule has 4 N–H and O–H groups in total. The fourth-order valence-corrected chi connectivity index (χ4v) is 3.87. The molecular weight excluding hydrogens is 442 g/mol. The first-order chi connectivity index (χ1) is 15.2. The molecule has 0 radical (unpaired) electrons. The van der Waals surface area contributed by atoms with E-state index in [2.05, 4.69) is 20.8 Å². The quantitative estimate of drug-likeness (QED) is 0.470. The van der Waals surface area contributed by atoms with Crippen LogP contribution in [-0.2, 0) is 4.79 Å². The van der Waals surface area contributed by atoms with E-state index < -0.39 is 23.9 Å². The van der Waals surface area contributed by atoms with E-state index in [4.69, 9.17) is 17.0 Å². The predicted molar refractivity (Wildman–Crippen MR) is 118 cm³/mol. The maximum absolute atomic E-state index is 13.5. The number of aromatic nitrogens is 2. The highest BCUT2D eigenvalue weighted by atomic mass is 35.5. The van der Waals surface area contributed by atoms with Gasteiger partial charge < -0.3 is 15.5 Å². The van der Waals surface area contributed by atoms with Crippen LogP contribution in [0.25, 0.3) is 0 Å². The second-order valence-electron chi connectivity index (χ2n) is 7.28. The zero-order chi connectivity index (χ0) is 23.4. The lowest BCUT2D eigenvalue weighted by Gasteiger charge is -2.34. The number of rotatable bonds is 7. The van der Waals surface area contributed by atoms with Gasteiger partial charge in [-0.25, -0.2) is 13.9 Å². The van der Waals surface area contributed by atoms with Crippen molar-refractivity contribution >= 4 is 28.9 Å². The van der Waals surface area contributed by atoms with Crippen LogP contribution in [0.4, 0.5) is 14.5 Å². The first-order valence-corrected chi connectivity index (χ1v) is 10.3. The van der Waals surface area contributed by atoms with E-state index in [0.717, 1.165) is 0 Å². The molecule has 2 heterocycles. The normalized spacial score (nSPS) is 15.0. The Kier molecular flexibility index (Phi) is 7.24. The molecule has 1 aliphatic rings. The van der Waals surface area contributed by atoms with Crippen LogP contribution in [-0.4, -0.2) is 42.0 Å². The minimum Gasteiger partial charge on any atom is -0.381 e. The zero-order valence-corrected chi connectivity index (χ0v) is 18.3. The second-order valence-corrected chi connectivity index (χ2v) is 7.65. The molecule has 1 unspecified atom stereocenters. The fraction of sp³-hybridized carbons (Fsp3) is 0.333. The zero-order valence-electron chi connectivity index (χ0n) is 17.5. The lowest BCUT2D eigenvalue weighted by Crippen LogP contribution is -2.41. The number of hydrogen-bond donors (Lipinski definition) is 4. The van der Waals surface area contributed by atoms with E-state index in [1.54, 1.807) is 30.0 Å². The van der Waals surface area contributed by atoms with Crippen molar-refractivity contribution in [3.8, 4) is 0 Å². The average Bonchev–Trinajstić information content (AvgIpc) is 2.80. The predicted octanol–water partition coefficient (Wildman–Crippen LogP) is 2.94. The average molecular weight is 465 g/mol. The van der Waals surface area contributed by atoms with Crippen molar-refractivity contribution in [2.24, 2.45) is 0 Å². The van der Waals surface area contributed by atoms with Crippen molar-refractivity contribution in [2.75, 3.05) is 25.0 Å². The molecule has 11 heteroatoms. The summed E-state index contributed by atoms with van der Waals surface area (Å²) < 4.78 is 26.9. The standard InChI is InChI=1S/C21H23ClF2N6O2/c1-11(12-5-3-4-6-13(12)19(23)24)28-15-7-8-30(10-14(15)18(25)21(32)26-2)16-9-27-29-20(31)17(16)22/h3-6,9,11,19,25,28H,7-8,10H2,1-2H3,(H,26,32)(H,29,31). The molecule has 1 atom stereocenters. The van der Waals surface area contributed by atoms with Crippen LogP contribution in [0.15, 0.2) is 46.5 Å². The molecule has 0 aliphatic carbocycles. The molecule has 2 aromatic rings. The molecule has 170 valence electrons. The number of H-pyrrole nitrogens is 1. The van der Waals surface area contributed by atoms with E-state index in [1.165, 1.54) is 19.3 Å². The Labute approximate surface area is 188 Å². The van der Waals surface area contributed by atoms with Gasteiger partial charge in [0, 0.05) is 49.4 Å². The summed E-state index contributed by atoms with van der Waals surface area (Å²) in [6.45, 7) is 2.28. The van der Waals surface area contributed by atoms with E-state index in [-0.39, 0.29) is 22.8 Å². The van der Waals surface area contributed by atoms with Crippen molar-refractivity contribution in [3.05, 3.63) is 68.2 Å². The maximum atomic E-state index is 13.5. The van der Waals surface area contributed by atoms with Crippen LogP contribution in [0.1, 0.15) is 36.9 Å². The highest BCUT2D eigenvalue weighted by molar-refractivity contribution is 6.44.